The molecule has 0 amide bonds. The summed E-state index contributed by atoms with van der Waals surface area (Å²) < 4.78 is 0. The molecule has 0 aromatic carbocycles. The second-order valence-corrected chi connectivity index (χ2v) is 6.33. The molecule has 3 aromatic rings. The zero-order valence-corrected chi connectivity index (χ0v) is 16.0. The monoisotopic (exact) mass is 383 g/mol. The van der Waals surface area contributed by atoms with Gasteiger partial charge in [-0.15, -0.1) is 12.4 Å². The first kappa shape index (κ1) is 19.1. The van der Waals surface area contributed by atoms with Gasteiger partial charge in [-0.2, -0.15) is 0 Å². The van der Waals surface area contributed by atoms with E-state index < -0.39 is 0 Å². The quantitative estimate of drug-likeness (QED) is 0.738. The third-order valence-corrected chi connectivity index (χ3v) is 4.48. The van der Waals surface area contributed by atoms with E-state index in [4.69, 9.17) is 9.97 Å². The van der Waals surface area contributed by atoms with Crippen LogP contribution in [0.1, 0.15) is 17.0 Å². The topological polar surface area (TPSA) is 79.7 Å². The van der Waals surface area contributed by atoms with E-state index in [0.717, 1.165) is 54.5 Å². The summed E-state index contributed by atoms with van der Waals surface area (Å²) in [5.74, 6) is 1.71. The van der Waals surface area contributed by atoms with Crippen LogP contribution in [0.3, 0.4) is 0 Å². The second kappa shape index (κ2) is 8.83. The molecule has 0 aliphatic carbocycles. The van der Waals surface area contributed by atoms with Gasteiger partial charge in [-0.1, -0.05) is 0 Å². The van der Waals surface area contributed by atoms with Gasteiger partial charge in [0.1, 0.15) is 5.82 Å². The van der Waals surface area contributed by atoms with Crippen molar-refractivity contribution in [2.75, 3.05) is 25.0 Å². The molecule has 140 valence electrons. The highest BCUT2D eigenvalue weighted by molar-refractivity contribution is 5.85. The molecule has 0 unspecified atom stereocenters. The first-order chi connectivity index (χ1) is 12.8. The molecule has 1 N–H and O–H groups in total. The Labute approximate surface area is 164 Å². The number of nitrogens with zero attached hydrogens (tertiary/aromatic N) is 6. The largest absolute Gasteiger partial charge is 0.353 e. The van der Waals surface area contributed by atoms with E-state index in [0.29, 0.717) is 6.54 Å². The van der Waals surface area contributed by atoms with Gasteiger partial charge in [0, 0.05) is 55.9 Å². The molecule has 7 nitrogen and oxygen atoms in total. The molecule has 0 saturated heterocycles. The fourth-order valence-corrected chi connectivity index (χ4v) is 3.20. The average molecular weight is 384 g/mol. The van der Waals surface area contributed by atoms with E-state index in [1.807, 2.05) is 19.2 Å². The maximum atomic E-state index is 4.91. The van der Waals surface area contributed by atoms with Gasteiger partial charge in [0.25, 0.3) is 0 Å². The zero-order chi connectivity index (χ0) is 17.8. The van der Waals surface area contributed by atoms with Crippen molar-refractivity contribution in [1.29, 1.82) is 0 Å². The van der Waals surface area contributed by atoms with Crippen molar-refractivity contribution in [2.45, 2.75) is 19.4 Å². The van der Waals surface area contributed by atoms with Crippen molar-refractivity contribution >= 4 is 18.2 Å². The van der Waals surface area contributed by atoms with Gasteiger partial charge in [0.2, 0.25) is 0 Å². The predicted octanol–water partition coefficient (Wildman–Crippen LogP) is 2.07. The van der Waals surface area contributed by atoms with E-state index in [9.17, 15) is 0 Å². The van der Waals surface area contributed by atoms with Gasteiger partial charge in [-0.25, -0.2) is 9.97 Å². The van der Waals surface area contributed by atoms with Crippen LogP contribution in [0.25, 0.3) is 11.4 Å². The van der Waals surface area contributed by atoms with Gasteiger partial charge >= 0.3 is 0 Å². The molecule has 0 fully saturated rings. The highest BCUT2D eigenvalue weighted by Gasteiger charge is 2.20. The predicted molar refractivity (Wildman–Crippen MR) is 107 cm³/mol. The standard InChI is InChI=1S/C19H21N7.ClH/c1-26(13-15-12-22-10-11-23-15)19-16-4-8-21-9-5-17(16)24-18(25-19)14-2-6-20-7-3-14;/h2-3,6-7,10-12,21H,4-5,8-9,13H2,1H3;1H. The molecule has 1 aliphatic heterocycles. The van der Waals surface area contributed by atoms with Crippen LogP contribution in [0.2, 0.25) is 0 Å². The fraction of sp³-hybridized carbons (Fsp3) is 0.316. The van der Waals surface area contributed by atoms with Gasteiger partial charge in [-0.05, 0) is 25.1 Å². The number of hydrogen-bond acceptors (Lipinski definition) is 7. The summed E-state index contributed by atoms with van der Waals surface area (Å²) in [5.41, 5.74) is 4.24. The Morgan fingerprint density at radius 2 is 1.81 bits per heavy atom. The first-order valence-electron chi connectivity index (χ1n) is 8.78. The molecular weight excluding hydrogens is 362 g/mol. The van der Waals surface area contributed by atoms with Gasteiger partial charge < -0.3 is 10.2 Å². The lowest BCUT2D eigenvalue weighted by Gasteiger charge is -2.22. The summed E-state index contributed by atoms with van der Waals surface area (Å²) in [7, 11) is 2.05. The van der Waals surface area contributed by atoms with E-state index in [1.54, 1.807) is 31.0 Å². The van der Waals surface area contributed by atoms with Crippen molar-refractivity contribution in [3.05, 3.63) is 60.1 Å². The van der Waals surface area contributed by atoms with Gasteiger partial charge in [0.15, 0.2) is 5.82 Å². The lowest BCUT2D eigenvalue weighted by Crippen LogP contribution is -2.22. The number of pyridine rings is 1. The number of hydrogen-bond donors (Lipinski definition) is 1. The van der Waals surface area contributed by atoms with Crippen molar-refractivity contribution in [3.63, 3.8) is 0 Å². The molecule has 0 atom stereocenters. The highest BCUT2D eigenvalue weighted by Crippen LogP contribution is 2.27. The summed E-state index contributed by atoms with van der Waals surface area (Å²) in [6, 6.07) is 3.90. The zero-order valence-electron chi connectivity index (χ0n) is 15.2. The van der Waals surface area contributed by atoms with E-state index >= 15 is 0 Å². The minimum atomic E-state index is 0. The van der Waals surface area contributed by atoms with Crippen LogP contribution in [-0.2, 0) is 19.4 Å². The number of halogens is 1. The Bertz CT molecular complexity index is 874. The van der Waals surface area contributed by atoms with Crippen LogP contribution < -0.4 is 10.2 Å². The molecule has 3 aromatic heterocycles. The van der Waals surface area contributed by atoms with Crippen LogP contribution in [0.15, 0.2) is 43.1 Å². The summed E-state index contributed by atoms with van der Waals surface area (Å²) in [5, 5.41) is 3.45. The Kier molecular flexibility index (Phi) is 6.26. The third kappa shape index (κ3) is 4.37. The molecule has 8 heteroatoms. The maximum Gasteiger partial charge on any atom is 0.161 e. The maximum absolute atomic E-state index is 4.91. The number of nitrogens with one attached hydrogen (secondary N) is 1. The van der Waals surface area contributed by atoms with Crippen LogP contribution in [-0.4, -0.2) is 45.1 Å². The third-order valence-electron chi connectivity index (χ3n) is 4.48. The number of rotatable bonds is 4. The van der Waals surface area contributed by atoms with Crippen LogP contribution >= 0.6 is 12.4 Å². The molecule has 0 radical (unpaired) electrons. The highest BCUT2D eigenvalue weighted by atomic mass is 35.5. The minimum Gasteiger partial charge on any atom is -0.353 e. The van der Waals surface area contributed by atoms with Crippen LogP contribution in [0.5, 0.6) is 0 Å². The lowest BCUT2D eigenvalue weighted by molar-refractivity contribution is 0.708. The van der Waals surface area contributed by atoms with Crippen molar-refractivity contribution < 1.29 is 0 Å². The Balaban J connectivity index is 0.00000210. The molecule has 0 saturated carbocycles. The van der Waals surface area contributed by atoms with Crippen molar-refractivity contribution in [3.8, 4) is 11.4 Å². The Morgan fingerprint density at radius 1 is 1.00 bits per heavy atom. The van der Waals surface area contributed by atoms with Crippen molar-refractivity contribution in [2.24, 2.45) is 0 Å². The van der Waals surface area contributed by atoms with Gasteiger partial charge in [0.05, 0.1) is 24.1 Å². The molecule has 0 bridgehead atoms. The normalized spacial score (nSPS) is 13.2. The van der Waals surface area contributed by atoms with Crippen LogP contribution in [0, 0.1) is 0 Å². The molecule has 0 spiro atoms. The summed E-state index contributed by atoms with van der Waals surface area (Å²) in [6.07, 6.45) is 10.6. The van der Waals surface area contributed by atoms with Crippen molar-refractivity contribution in [1.82, 2.24) is 30.2 Å². The summed E-state index contributed by atoms with van der Waals surface area (Å²) in [4.78, 5) is 24.5. The minimum absolute atomic E-state index is 0. The smallest absolute Gasteiger partial charge is 0.161 e. The molecular formula is C19H22ClN7. The number of aromatic nitrogens is 5. The Morgan fingerprint density at radius 3 is 2.59 bits per heavy atom. The number of anilines is 1. The summed E-state index contributed by atoms with van der Waals surface area (Å²) in [6.45, 7) is 2.53. The Hall–Kier alpha value is -2.64. The summed E-state index contributed by atoms with van der Waals surface area (Å²) >= 11 is 0. The molecule has 27 heavy (non-hydrogen) atoms. The number of fused-ring (bicyclic) bond motifs is 1. The molecule has 4 rings (SSSR count). The molecule has 4 heterocycles. The van der Waals surface area contributed by atoms with E-state index in [2.05, 4.69) is 25.2 Å². The average Bonchev–Trinajstić information content (AvgIpc) is 2.94. The second-order valence-electron chi connectivity index (χ2n) is 6.33. The van der Waals surface area contributed by atoms with E-state index in [-0.39, 0.29) is 12.4 Å². The SMILES string of the molecule is CN(Cc1cnccn1)c1nc(-c2ccncc2)nc2c1CCNCC2.Cl. The fourth-order valence-electron chi connectivity index (χ4n) is 3.20. The van der Waals surface area contributed by atoms with E-state index in [1.165, 1.54) is 5.56 Å². The van der Waals surface area contributed by atoms with Gasteiger partial charge in [-0.3, -0.25) is 15.0 Å². The molecule has 1 aliphatic rings. The van der Waals surface area contributed by atoms with Crippen LogP contribution in [0.4, 0.5) is 5.82 Å². The lowest BCUT2D eigenvalue weighted by atomic mass is 10.1. The first-order valence-corrected chi connectivity index (χ1v) is 8.78.